The van der Waals surface area contributed by atoms with E-state index < -0.39 is 0 Å². The minimum absolute atomic E-state index is 0.214. The second-order valence-corrected chi connectivity index (χ2v) is 5.41. The van der Waals surface area contributed by atoms with Crippen molar-refractivity contribution in [2.45, 2.75) is 39.7 Å². The summed E-state index contributed by atoms with van der Waals surface area (Å²) < 4.78 is 1.95. The smallest absolute Gasteiger partial charge is 0.0568 e. The molecule has 90 valence electrons. The van der Waals surface area contributed by atoms with E-state index in [1.54, 1.807) is 0 Å². The fraction of sp³-hybridized carbons (Fsp3) is 0.400. The Morgan fingerprint density at radius 3 is 2.18 bits per heavy atom. The molecule has 0 aliphatic rings. The fourth-order valence-electron chi connectivity index (χ4n) is 1.85. The molecule has 0 unspecified atom stereocenters. The highest BCUT2D eigenvalue weighted by atomic mass is 15.3. The average Bonchev–Trinajstić information content (AvgIpc) is 2.76. The molecule has 0 aliphatic carbocycles. The van der Waals surface area contributed by atoms with Crippen LogP contribution in [0.5, 0.6) is 0 Å². The van der Waals surface area contributed by atoms with Crippen molar-refractivity contribution in [3.8, 4) is 11.1 Å². The first-order valence-electron chi connectivity index (χ1n) is 6.14. The predicted molar refractivity (Wildman–Crippen MR) is 72.0 cm³/mol. The van der Waals surface area contributed by atoms with Gasteiger partial charge in [0.25, 0.3) is 0 Å². The summed E-state index contributed by atoms with van der Waals surface area (Å²) in [7, 11) is 0. The topological polar surface area (TPSA) is 17.8 Å². The molecular weight excluding hydrogens is 208 g/mol. The zero-order chi connectivity index (χ0) is 12.5. The van der Waals surface area contributed by atoms with Gasteiger partial charge in [0.1, 0.15) is 0 Å². The third-order valence-electron chi connectivity index (χ3n) is 3.04. The summed E-state index contributed by atoms with van der Waals surface area (Å²) in [5.74, 6) is 0. The van der Waals surface area contributed by atoms with E-state index >= 15 is 0 Å². The molecular formula is C15H20N2. The summed E-state index contributed by atoms with van der Waals surface area (Å²) in [6, 6.07) is 8.77. The van der Waals surface area contributed by atoms with E-state index in [0.717, 1.165) is 6.54 Å². The molecule has 0 spiro atoms. The van der Waals surface area contributed by atoms with Crippen LogP contribution in [-0.4, -0.2) is 9.78 Å². The molecule has 0 saturated heterocycles. The second-order valence-electron chi connectivity index (χ2n) is 5.41. The van der Waals surface area contributed by atoms with E-state index in [1.165, 1.54) is 16.7 Å². The van der Waals surface area contributed by atoms with Gasteiger partial charge in [-0.1, -0.05) is 45.0 Å². The molecule has 0 aliphatic heterocycles. The van der Waals surface area contributed by atoms with Gasteiger partial charge in [-0.3, -0.25) is 4.68 Å². The zero-order valence-electron chi connectivity index (χ0n) is 11.1. The van der Waals surface area contributed by atoms with Gasteiger partial charge in [-0.2, -0.15) is 5.10 Å². The Hall–Kier alpha value is -1.57. The molecule has 2 aromatic rings. The van der Waals surface area contributed by atoms with Gasteiger partial charge in [-0.25, -0.2) is 0 Å². The predicted octanol–water partition coefficient (Wildman–Crippen LogP) is 3.87. The minimum Gasteiger partial charge on any atom is -0.272 e. The lowest BCUT2D eigenvalue weighted by Crippen LogP contribution is -2.10. The van der Waals surface area contributed by atoms with Gasteiger partial charge in [-0.05, 0) is 23.5 Å². The first-order valence-corrected chi connectivity index (χ1v) is 6.14. The van der Waals surface area contributed by atoms with Crippen molar-refractivity contribution >= 4 is 0 Å². The molecule has 17 heavy (non-hydrogen) atoms. The summed E-state index contributed by atoms with van der Waals surface area (Å²) in [5, 5.41) is 4.30. The maximum absolute atomic E-state index is 4.30. The number of benzene rings is 1. The Morgan fingerprint density at radius 1 is 1.06 bits per heavy atom. The molecule has 1 aromatic carbocycles. The van der Waals surface area contributed by atoms with Gasteiger partial charge in [0, 0.05) is 18.3 Å². The van der Waals surface area contributed by atoms with E-state index in [1.807, 2.05) is 10.9 Å². The van der Waals surface area contributed by atoms with E-state index in [4.69, 9.17) is 0 Å². The summed E-state index contributed by atoms with van der Waals surface area (Å²) in [5.41, 5.74) is 4.00. The first kappa shape index (κ1) is 11.9. The standard InChI is InChI=1S/C15H20N2/c1-5-17-11-13(10-16-17)12-6-8-14(9-7-12)15(2,3)4/h6-11H,5H2,1-4H3. The van der Waals surface area contributed by atoms with Crippen molar-refractivity contribution in [1.82, 2.24) is 9.78 Å². The SMILES string of the molecule is CCn1cc(-c2ccc(C(C)(C)C)cc2)cn1. The monoisotopic (exact) mass is 228 g/mol. The lowest BCUT2D eigenvalue weighted by atomic mass is 9.86. The van der Waals surface area contributed by atoms with Crippen LogP contribution in [0.25, 0.3) is 11.1 Å². The summed E-state index contributed by atoms with van der Waals surface area (Å²) in [6.45, 7) is 9.71. The molecule has 1 heterocycles. The van der Waals surface area contributed by atoms with Crippen LogP contribution in [0.4, 0.5) is 0 Å². The summed E-state index contributed by atoms with van der Waals surface area (Å²) >= 11 is 0. The van der Waals surface area contributed by atoms with Gasteiger partial charge in [-0.15, -0.1) is 0 Å². The third kappa shape index (κ3) is 2.57. The molecule has 0 bridgehead atoms. The summed E-state index contributed by atoms with van der Waals surface area (Å²) in [6.07, 6.45) is 4.02. The lowest BCUT2D eigenvalue weighted by molar-refractivity contribution is 0.590. The maximum Gasteiger partial charge on any atom is 0.0568 e. The molecule has 2 nitrogen and oxygen atoms in total. The van der Waals surface area contributed by atoms with Crippen LogP contribution < -0.4 is 0 Å². The van der Waals surface area contributed by atoms with E-state index in [9.17, 15) is 0 Å². The molecule has 0 N–H and O–H groups in total. The average molecular weight is 228 g/mol. The molecule has 0 amide bonds. The van der Waals surface area contributed by atoms with Crippen molar-refractivity contribution in [2.75, 3.05) is 0 Å². The number of hydrogen-bond acceptors (Lipinski definition) is 1. The molecule has 0 fully saturated rings. The molecule has 0 saturated carbocycles. The lowest BCUT2D eigenvalue weighted by Gasteiger charge is -2.18. The largest absolute Gasteiger partial charge is 0.272 e. The van der Waals surface area contributed by atoms with Gasteiger partial charge in [0.05, 0.1) is 6.20 Å². The van der Waals surface area contributed by atoms with Crippen molar-refractivity contribution in [1.29, 1.82) is 0 Å². The van der Waals surface area contributed by atoms with Crippen LogP contribution in [-0.2, 0) is 12.0 Å². The van der Waals surface area contributed by atoms with E-state index in [-0.39, 0.29) is 5.41 Å². The Labute approximate surface area is 103 Å². The van der Waals surface area contributed by atoms with Gasteiger partial charge in [0.15, 0.2) is 0 Å². The van der Waals surface area contributed by atoms with Crippen molar-refractivity contribution in [2.24, 2.45) is 0 Å². The number of nitrogens with zero attached hydrogens (tertiary/aromatic N) is 2. The molecule has 0 radical (unpaired) electrons. The van der Waals surface area contributed by atoms with Gasteiger partial charge < -0.3 is 0 Å². The number of aryl methyl sites for hydroxylation is 1. The van der Waals surface area contributed by atoms with E-state index in [0.29, 0.717) is 0 Å². The van der Waals surface area contributed by atoms with Gasteiger partial charge >= 0.3 is 0 Å². The fourth-order valence-corrected chi connectivity index (χ4v) is 1.85. The Morgan fingerprint density at radius 2 is 1.71 bits per heavy atom. The van der Waals surface area contributed by atoms with Crippen LogP contribution in [0.2, 0.25) is 0 Å². The van der Waals surface area contributed by atoms with Gasteiger partial charge in [0.2, 0.25) is 0 Å². The number of hydrogen-bond donors (Lipinski definition) is 0. The van der Waals surface area contributed by atoms with Crippen LogP contribution in [0.15, 0.2) is 36.7 Å². The van der Waals surface area contributed by atoms with Crippen LogP contribution >= 0.6 is 0 Å². The zero-order valence-corrected chi connectivity index (χ0v) is 11.1. The molecule has 1 aromatic heterocycles. The number of aromatic nitrogens is 2. The molecule has 2 heteroatoms. The molecule has 2 rings (SSSR count). The molecule has 0 atom stereocenters. The van der Waals surface area contributed by atoms with Crippen molar-refractivity contribution in [3.05, 3.63) is 42.2 Å². The third-order valence-corrected chi connectivity index (χ3v) is 3.04. The minimum atomic E-state index is 0.214. The quantitative estimate of drug-likeness (QED) is 0.763. The second kappa shape index (κ2) is 4.36. The van der Waals surface area contributed by atoms with Crippen LogP contribution in [0, 0.1) is 0 Å². The maximum atomic E-state index is 4.30. The van der Waals surface area contributed by atoms with E-state index in [2.05, 4.69) is 63.3 Å². The Kier molecular flexibility index (Phi) is 3.05. The first-order chi connectivity index (χ1) is 8.00. The normalized spacial score (nSPS) is 11.8. The highest BCUT2D eigenvalue weighted by molar-refractivity contribution is 5.62. The van der Waals surface area contributed by atoms with Crippen molar-refractivity contribution in [3.63, 3.8) is 0 Å². The van der Waals surface area contributed by atoms with Crippen molar-refractivity contribution < 1.29 is 0 Å². The van der Waals surface area contributed by atoms with Crippen LogP contribution in [0.3, 0.4) is 0 Å². The summed E-state index contributed by atoms with van der Waals surface area (Å²) in [4.78, 5) is 0. The van der Waals surface area contributed by atoms with Crippen LogP contribution in [0.1, 0.15) is 33.3 Å². The Balaban J connectivity index is 2.29. The highest BCUT2D eigenvalue weighted by Gasteiger charge is 2.13. The Bertz CT molecular complexity index is 486. The number of rotatable bonds is 2. The highest BCUT2D eigenvalue weighted by Crippen LogP contribution is 2.25.